The van der Waals surface area contributed by atoms with Gasteiger partial charge in [0.05, 0.1) is 0 Å². The maximum Gasteiger partial charge on any atom is 0.262 e. The second-order valence-electron chi connectivity index (χ2n) is 4.69. The van der Waals surface area contributed by atoms with Gasteiger partial charge in [0.25, 0.3) is 5.91 Å². The number of hydrogen-bond acceptors (Lipinski definition) is 2. The van der Waals surface area contributed by atoms with Crippen LogP contribution >= 0.6 is 0 Å². The Morgan fingerprint density at radius 2 is 1.76 bits per heavy atom. The highest BCUT2D eigenvalue weighted by molar-refractivity contribution is 5.80. The molecular formula is C14H21NO2. The maximum atomic E-state index is 11.7. The average molecular weight is 235 g/mol. The summed E-state index contributed by atoms with van der Waals surface area (Å²) in [5.74, 6) is 1.15. The number of carbonyl (C=O) groups excluding carboxylic acids is 1. The zero-order chi connectivity index (χ0) is 13.0. The lowest BCUT2D eigenvalue weighted by Crippen LogP contribution is -2.35. The van der Waals surface area contributed by atoms with Gasteiger partial charge in [-0.1, -0.05) is 32.0 Å². The highest BCUT2D eigenvalue weighted by Gasteiger charge is 2.18. The molecule has 1 atom stereocenters. The Labute approximate surface area is 103 Å². The largest absolute Gasteiger partial charge is 0.481 e. The fourth-order valence-corrected chi connectivity index (χ4v) is 1.67. The van der Waals surface area contributed by atoms with Crippen LogP contribution in [0.1, 0.15) is 32.3 Å². The molecule has 0 radical (unpaired) electrons. The van der Waals surface area contributed by atoms with Crippen LogP contribution in [-0.2, 0) is 4.79 Å². The minimum Gasteiger partial charge on any atom is -0.481 e. The third-order valence-corrected chi connectivity index (χ3v) is 2.63. The second kappa shape index (κ2) is 5.71. The number of para-hydroxylation sites is 1. The van der Waals surface area contributed by atoms with Crippen LogP contribution in [0.2, 0.25) is 0 Å². The Balaban J connectivity index is 2.85. The fraction of sp³-hybridized carbons (Fsp3) is 0.500. The standard InChI is InChI=1S/C14H21NO2/c1-10(2)12-8-6-7-9-13(12)17-11(3)14(16)15(4)5/h6-11H,1-5H3/t11-/m0/s1. The van der Waals surface area contributed by atoms with Gasteiger partial charge < -0.3 is 9.64 Å². The number of amides is 1. The predicted octanol–water partition coefficient (Wildman–Crippen LogP) is 2.67. The summed E-state index contributed by atoms with van der Waals surface area (Å²) in [6.45, 7) is 6.00. The van der Waals surface area contributed by atoms with Crippen molar-refractivity contribution in [2.24, 2.45) is 0 Å². The highest BCUT2D eigenvalue weighted by atomic mass is 16.5. The molecular weight excluding hydrogens is 214 g/mol. The summed E-state index contributed by atoms with van der Waals surface area (Å²) in [6.07, 6.45) is -0.454. The highest BCUT2D eigenvalue weighted by Crippen LogP contribution is 2.26. The van der Waals surface area contributed by atoms with Crippen molar-refractivity contribution in [1.29, 1.82) is 0 Å². The topological polar surface area (TPSA) is 29.5 Å². The molecule has 0 saturated carbocycles. The van der Waals surface area contributed by atoms with Crippen LogP contribution in [-0.4, -0.2) is 31.0 Å². The number of benzene rings is 1. The molecule has 3 nitrogen and oxygen atoms in total. The average Bonchev–Trinajstić information content (AvgIpc) is 2.28. The van der Waals surface area contributed by atoms with Gasteiger partial charge in [-0.15, -0.1) is 0 Å². The molecule has 0 aliphatic heterocycles. The Morgan fingerprint density at radius 3 is 2.29 bits per heavy atom. The van der Waals surface area contributed by atoms with Crippen molar-refractivity contribution in [3.63, 3.8) is 0 Å². The molecule has 0 N–H and O–H groups in total. The van der Waals surface area contributed by atoms with Crippen molar-refractivity contribution in [1.82, 2.24) is 4.90 Å². The molecule has 0 aliphatic carbocycles. The van der Waals surface area contributed by atoms with E-state index in [9.17, 15) is 4.79 Å². The summed E-state index contributed by atoms with van der Waals surface area (Å²) in [7, 11) is 3.47. The normalized spacial score (nSPS) is 12.4. The lowest BCUT2D eigenvalue weighted by Gasteiger charge is -2.20. The van der Waals surface area contributed by atoms with Crippen LogP contribution in [0, 0.1) is 0 Å². The van der Waals surface area contributed by atoms with Crippen LogP contribution in [0.15, 0.2) is 24.3 Å². The number of likely N-dealkylation sites (N-methyl/N-ethyl adjacent to an activating group) is 1. The van der Waals surface area contributed by atoms with Gasteiger partial charge in [0.2, 0.25) is 0 Å². The zero-order valence-electron chi connectivity index (χ0n) is 11.2. The first-order valence-electron chi connectivity index (χ1n) is 5.90. The van der Waals surface area contributed by atoms with Crippen molar-refractivity contribution < 1.29 is 9.53 Å². The van der Waals surface area contributed by atoms with E-state index in [1.807, 2.05) is 24.3 Å². The van der Waals surface area contributed by atoms with E-state index in [1.54, 1.807) is 25.9 Å². The smallest absolute Gasteiger partial charge is 0.262 e. The first-order chi connectivity index (χ1) is 7.93. The van der Waals surface area contributed by atoms with E-state index in [1.165, 1.54) is 0 Å². The molecule has 0 spiro atoms. The van der Waals surface area contributed by atoms with Gasteiger partial charge in [-0.2, -0.15) is 0 Å². The summed E-state index contributed by atoms with van der Waals surface area (Å²) in [4.78, 5) is 13.3. The molecule has 0 heterocycles. The lowest BCUT2D eigenvalue weighted by molar-refractivity contribution is -0.135. The molecule has 0 aliphatic rings. The lowest BCUT2D eigenvalue weighted by atomic mass is 10.0. The van der Waals surface area contributed by atoms with Crippen LogP contribution in [0.3, 0.4) is 0 Å². The van der Waals surface area contributed by atoms with Crippen molar-refractivity contribution in [2.75, 3.05) is 14.1 Å². The Hall–Kier alpha value is -1.51. The number of rotatable bonds is 4. The van der Waals surface area contributed by atoms with Gasteiger partial charge in [-0.05, 0) is 24.5 Å². The van der Waals surface area contributed by atoms with Gasteiger partial charge in [0.15, 0.2) is 6.10 Å². The van der Waals surface area contributed by atoms with Crippen LogP contribution in [0.25, 0.3) is 0 Å². The molecule has 0 bridgehead atoms. The first kappa shape index (κ1) is 13.6. The molecule has 0 unspecified atom stereocenters. The van der Waals surface area contributed by atoms with Crippen molar-refractivity contribution >= 4 is 5.91 Å². The summed E-state index contributed by atoms with van der Waals surface area (Å²) in [5, 5.41) is 0. The minimum atomic E-state index is -0.454. The van der Waals surface area contributed by atoms with Crippen LogP contribution < -0.4 is 4.74 Å². The monoisotopic (exact) mass is 235 g/mol. The molecule has 1 amide bonds. The van der Waals surface area contributed by atoms with Crippen LogP contribution in [0.4, 0.5) is 0 Å². The fourth-order valence-electron chi connectivity index (χ4n) is 1.67. The van der Waals surface area contributed by atoms with E-state index in [-0.39, 0.29) is 5.91 Å². The van der Waals surface area contributed by atoms with Gasteiger partial charge in [-0.3, -0.25) is 4.79 Å². The van der Waals surface area contributed by atoms with Gasteiger partial charge >= 0.3 is 0 Å². The SMILES string of the molecule is CC(C)c1ccccc1O[C@@H](C)C(=O)N(C)C. The van der Waals surface area contributed by atoms with E-state index in [4.69, 9.17) is 4.74 Å². The predicted molar refractivity (Wildman–Crippen MR) is 69.3 cm³/mol. The quantitative estimate of drug-likeness (QED) is 0.803. The minimum absolute atomic E-state index is 0.0245. The number of nitrogens with zero attached hydrogens (tertiary/aromatic N) is 1. The molecule has 1 aromatic rings. The first-order valence-corrected chi connectivity index (χ1v) is 5.90. The molecule has 0 fully saturated rings. The number of ether oxygens (including phenoxy) is 1. The van der Waals surface area contributed by atoms with Gasteiger partial charge in [-0.25, -0.2) is 0 Å². The van der Waals surface area contributed by atoms with E-state index in [0.29, 0.717) is 5.92 Å². The molecule has 17 heavy (non-hydrogen) atoms. The Bertz CT molecular complexity index is 386. The summed E-state index contributed by atoms with van der Waals surface area (Å²) in [6, 6.07) is 7.86. The van der Waals surface area contributed by atoms with Gasteiger partial charge in [0.1, 0.15) is 5.75 Å². The van der Waals surface area contributed by atoms with Crippen LogP contribution in [0.5, 0.6) is 5.75 Å². The third-order valence-electron chi connectivity index (χ3n) is 2.63. The summed E-state index contributed by atoms with van der Waals surface area (Å²) >= 11 is 0. The van der Waals surface area contributed by atoms with E-state index < -0.39 is 6.10 Å². The molecule has 3 heteroatoms. The zero-order valence-corrected chi connectivity index (χ0v) is 11.2. The molecule has 1 rings (SSSR count). The Kier molecular flexibility index (Phi) is 4.55. The maximum absolute atomic E-state index is 11.7. The van der Waals surface area contributed by atoms with E-state index >= 15 is 0 Å². The van der Waals surface area contributed by atoms with Gasteiger partial charge in [0, 0.05) is 14.1 Å². The summed E-state index contributed by atoms with van der Waals surface area (Å²) < 4.78 is 5.74. The molecule has 0 aromatic heterocycles. The van der Waals surface area contributed by atoms with Crippen molar-refractivity contribution in [3.05, 3.63) is 29.8 Å². The van der Waals surface area contributed by atoms with Crippen molar-refractivity contribution in [2.45, 2.75) is 32.8 Å². The molecule has 1 aromatic carbocycles. The Morgan fingerprint density at radius 1 is 1.18 bits per heavy atom. The number of hydrogen-bond donors (Lipinski definition) is 0. The molecule has 0 saturated heterocycles. The third kappa shape index (κ3) is 3.48. The summed E-state index contributed by atoms with van der Waals surface area (Å²) in [5.41, 5.74) is 1.13. The number of carbonyl (C=O) groups is 1. The molecule has 94 valence electrons. The van der Waals surface area contributed by atoms with E-state index in [2.05, 4.69) is 13.8 Å². The van der Waals surface area contributed by atoms with Crippen molar-refractivity contribution in [3.8, 4) is 5.75 Å². The second-order valence-corrected chi connectivity index (χ2v) is 4.69. The van der Waals surface area contributed by atoms with E-state index in [0.717, 1.165) is 11.3 Å².